The molecule has 0 aliphatic rings. The van der Waals surface area contributed by atoms with Crippen LogP contribution in [0.1, 0.15) is 0 Å². The molecule has 2 aromatic rings. The Morgan fingerprint density at radius 1 is 1.23 bits per heavy atom. The molecule has 0 amide bonds. The lowest BCUT2D eigenvalue weighted by Crippen LogP contribution is -1.90. The Bertz CT molecular complexity index is 482. The fourth-order valence-electron chi connectivity index (χ4n) is 0.947. The lowest BCUT2D eigenvalue weighted by Gasteiger charge is -1.94. The number of hydrogen-bond donors (Lipinski definition) is 0. The summed E-state index contributed by atoms with van der Waals surface area (Å²) in [5.41, 5.74) is -0.228. The van der Waals surface area contributed by atoms with Gasteiger partial charge in [0.15, 0.2) is 21.9 Å². The molecule has 0 radical (unpaired) electrons. The minimum atomic E-state index is -1.52. The average molecular weight is 224 g/mol. The molecule has 0 fully saturated rings. The van der Waals surface area contributed by atoms with Crippen molar-refractivity contribution in [2.75, 3.05) is 0 Å². The zero-order valence-electron chi connectivity index (χ0n) is 5.94. The Balaban J connectivity index is 2.92. The van der Waals surface area contributed by atoms with E-state index in [1.807, 2.05) is 0 Å². The van der Waals surface area contributed by atoms with Crippen molar-refractivity contribution in [3.05, 3.63) is 28.0 Å². The van der Waals surface area contributed by atoms with Crippen LogP contribution in [0, 0.1) is 17.5 Å². The molecule has 1 aromatic carbocycles. The van der Waals surface area contributed by atoms with E-state index in [0.29, 0.717) is 0 Å². The summed E-state index contributed by atoms with van der Waals surface area (Å²) < 4.78 is 38.5. The minimum absolute atomic E-state index is 0.0545. The highest BCUT2D eigenvalue weighted by Gasteiger charge is 2.16. The Kier molecular flexibility index (Phi) is 1.92. The molecule has 0 N–H and O–H groups in total. The van der Waals surface area contributed by atoms with Crippen LogP contribution >= 0.6 is 22.9 Å². The Hall–Kier alpha value is -0.810. The third-order valence-electron chi connectivity index (χ3n) is 1.50. The van der Waals surface area contributed by atoms with E-state index < -0.39 is 17.5 Å². The standard InChI is InChI=1S/C7HClF3NS/c8-7-12-6-3(13-7)1-2(9)4(10)5(6)11/h1H. The highest BCUT2D eigenvalue weighted by Crippen LogP contribution is 2.29. The summed E-state index contributed by atoms with van der Waals surface area (Å²) in [4.78, 5) is 3.52. The molecule has 0 aliphatic carbocycles. The molecular weight excluding hydrogens is 223 g/mol. The zero-order chi connectivity index (χ0) is 9.59. The van der Waals surface area contributed by atoms with E-state index in [0.717, 1.165) is 17.4 Å². The van der Waals surface area contributed by atoms with E-state index in [4.69, 9.17) is 11.6 Å². The second-order valence-corrected chi connectivity index (χ2v) is 3.91. The van der Waals surface area contributed by atoms with Gasteiger partial charge in [-0.25, -0.2) is 18.2 Å². The first-order valence-corrected chi connectivity index (χ1v) is 4.38. The molecule has 0 saturated heterocycles. The normalized spacial score (nSPS) is 11.1. The van der Waals surface area contributed by atoms with Crippen molar-refractivity contribution in [1.29, 1.82) is 0 Å². The third-order valence-corrected chi connectivity index (χ3v) is 2.60. The van der Waals surface area contributed by atoms with Crippen molar-refractivity contribution in [2.45, 2.75) is 0 Å². The highest BCUT2D eigenvalue weighted by molar-refractivity contribution is 7.22. The van der Waals surface area contributed by atoms with Gasteiger partial charge in [-0.15, -0.1) is 11.3 Å². The van der Waals surface area contributed by atoms with Gasteiger partial charge in [0, 0.05) is 0 Å². The highest BCUT2D eigenvalue weighted by atomic mass is 35.5. The molecule has 13 heavy (non-hydrogen) atoms. The van der Waals surface area contributed by atoms with E-state index in [-0.39, 0.29) is 14.7 Å². The third kappa shape index (κ3) is 1.28. The number of thiazole rings is 1. The van der Waals surface area contributed by atoms with Crippen molar-refractivity contribution in [2.24, 2.45) is 0 Å². The molecule has 6 heteroatoms. The van der Waals surface area contributed by atoms with Crippen LogP contribution in [-0.2, 0) is 0 Å². The quantitative estimate of drug-likeness (QED) is 0.624. The summed E-state index contributed by atoms with van der Waals surface area (Å²) in [5.74, 6) is -4.04. The fraction of sp³-hybridized carbons (Fsp3) is 0. The number of aromatic nitrogens is 1. The van der Waals surface area contributed by atoms with Crippen molar-refractivity contribution in [1.82, 2.24) is 4.98 Å². The molecule has 0 saturated carbocycles. The topological polar surface area (TPSA) is 12.9 Å². The van der Waals surface area contributed by atoms with Gasteiger partial charge in [0.25, 0.3) is 0 Å². The van der Waals surface area contributed by atoms with Gasteiger partial charge in [-0.1, -0.05) is 11.6 Å². The summed E-state index contributed by atoms with van der Waals surface area (Å²) in [6.07, 6.45) is 0. The SMILES string of the molecule is Fc1cc2sc(Cl)nc2c(F)c1F. The number of rotatable bonds is 0. The minimum Gasteiger partial charge on any atom is -0.222 e. The van der Waals surface area contributed by atoms with Crippen LogP contribution in [0.5, 0.6) is 0 Å². The predicted molar refractivity (Wildman–Crippen MR) is 44.5 cm³/mol. The van der Waals surface area contributed by atoms with E-state index >= 15 is 0 Å². The maximum Gasteiger partial charge on any atom is 0.196 e. The predicted octanol–water partition coefficient (Wildman–Crippen LogP) is 3.37. The summed E-state index contributed by atoms with van der Waals surface area (Å²) >= 11 is 6.35. The van der Waals surface area contributed by atoms with Crippen LogP contribution < -0.4 is 0 Å². The van der Waals surface area contributed by atoms with Crippen LogP contribution in [0.2, 0.25) is 4.47 Å². The summed E-state index contributed by atoms with van der Waals surface area (Å²) in [5, 5.41) is 0. The van der Waals surface area contributed by atoms with Gasteiger partial charge in [-0.3, -0.25) is 0 Å². The van der Waals surface area contributed by atoms with Gasteiger partial charge in [0.2, 0.25) is 0 Å². The molecule has 0 aliphatic heterocycles. The Morgan fingerprint density at radius 3 is 2.62 bits per heavy atom. The van der Waals surface area contributed by atoms with E-state index in [1.54, 1.807) is 0 Å². The smallest absolute Gasteiger partial charge is 0.196 e. The number of nitrogens with zero attached hydrogens (tertiary/aromatic N) is 1. The molecule has 0 unspecified atom stereocenters. The Morgan fingerprint density at radius 2 is 1.92 bits per heavy atom. The molecule has 0 atom stereocenters. The second-order valence-electron chi connectivity index (χ2n) is 2.30. The van der Waals surface area contributed by atoms with Crippen molar-refractivity contribution in [3.63, 3.8) is 0 Å². The molecular formula is C7HClF3NS. The molecule has 1 nitrogen and oxygen atoms in total. The summed E-state index contributed by atoms with van der Waals surface area (Å²) in [6.45, 7) is 0. The van der Waals surface area contributed by atoms with E-state index in [1.165, 1.54) is 0 Å². The molecule has 68 valence electrons. The number of benzene rings is 1. The van der Waals surface area contributed by atoms with Gasteiger partial charge < -0.3 is 0 Å². The average Bonchev–Trinajstić information content (AvgIpc) is 2.42. The number of halogens is 4. The molecule has 1 aromatic heterocycles. The lowest BCUT2D eigenvalue weighted by atomic mass is 10.3. The van der Waals surface area contributed by atoms with E-state index in [9.17, 15) is 13.2 Å². The second kappa shape index (κ2) is 2.85. The van der Waals surface area contributed by atoms with Crippen LogP contribution in [0.25, 0.3) is 10.2 Å². The first-order chi connectivity index (χ1) is 6.09. The summed E-state index contributed by atoms with van der Waals surface area (Å²) in [7, 11) is 0. The maximum atomic E-state index is 12.9. The van der Waals surface area contributed by atoms with Crippen LogP contribution in [0.15, 0.2) is 6.07 Å². The molecule has 0 spiro atoms. The van der Waals surface area contributed by atoms with Crippen LogP contribution in [0.4, 0.5) is 13.2 Å². The Labute approximate surface area is 79.8 Å². The van der Waals surface area contributed by atoms with Gasteiger partial charge in [-0.2, -0.15) is 0 Å². The fourth-order valence-corrected chi connectivity index (χ4v) is 1.99. The van der Waals surface area contributed by atoms with Gasteiger partial charge >= 0.3 is 0 Å². The van der Waals surface area contributed by atoms with Crippen LogP contribution in [-0.4, -0.2) is 4.98 Å². The number of hydrogen-bond acceptors (Lipinski definition) is 2. The maximum absolute atomic E-state index is 12.9. The van der Waals surface area contributed by atoms with Gasteiger partial charge in [-0.05, 0) is 6.07 Å². The van der Waals surface area contributed by atoms with E-state index in [2.05, 4.69) is 4.98 Å². The first-order valence-electron chi connectivity index (χ1n) is 3.19. The molecule has 2 rings (SSSR count). The monoisotopic (exact) mass is 223 g/mol. The van der Waals surface area contributed by atoms with Crippen molar-refractivity contribution < 1.29 is 13.2 Å². The van der Waals surface area contributed by atoms with Crippen molar-refractivity contribution in [3.8, 4) is 0 Å². The first kappa shape index (κ1) is 8.77. The number of fused-ring (bicyclic) bond motifs is 1. The zero-order valence-corrected chi connectivity index (χ0v) is 7.52. The van der Waals surface area contributed by atoms with Gasteiger partial charge in [0.05, 0.1) is 4.70 Å². The molecule has 1 heterocycles. The molecule has 0 bridgehead atoms. The van der Waals surface area contributed by atoms with Crippen LogP contribution in [0.3, 0.4) is 0 Å². The largest absolute Gasteiger partial charge is 0.222 e. The summed E-state index contributed by atoms with van der Waals surface area (Å²) in [6, 6.07) is 0.872. The van der Waals surface area contributed by atoms with Crippen molar-refractivity contribution >= 4 is 33.2 Å². The lowest BCUT2D eigenvalue weighted by molar-refractivity contribution is 0.453. The van der Waals surface area contributed by atoms with Gasteiger partial charge in [0.1, 0.15) is 5.52 Å².